The molecule has 2 fully saturated rings. The second-order valence-corrected chi connectivity index (χ2v) is 7.24. The van der Waals surface area contributed by atoms with Crippen LogP contribution in [0.3, 0.4) is 0 Å². The van der Waals surface area contributed by atoms with Gasteiger partial charge in [0.2, 0.25) is 5.91 Å². The van der Waals surface area contributed by atoms with Crippen LogP contribution in [0, 0.1) is 5.92 Å². The number of amides is 1. The molecule has 0 radical (unpaired) electrons. The Morgan fingerprint density at radius 1 is 1.33 bits per heavy atom. The van der Waals surface area contributed by atoms with Gasteiger partial charge in [0.05, 0.1) is 13.1 Å². The van der Waals surface area contributed by atoms with Gasteiger partial charge in [0, 0.05) is 17.5 Å². The molecule has 0 aromatic carbocycles. The monoisotopic (exact) mass is 307 g/mol. The van der Waals surface area contributed by atoms with E-state index in [1.165, 1.54) is 30.6 Å². The maximum Gasteiger partial charge on any atom is 0.234 e. The summed E-state index contributed by atoms with van der Waals surface area (Å²) in [6.07, 6.45) is 5.03. The maximum absolute atomic E-state index is 12.2. The Bertz CT molecular complexity index is 438. The molecule has 1 aliphatic heterocycles. The second kappa shape index (κ2) is 7.38. The van der Waals surface area contributed by atoms with Crippen LogP contribution in [0.2, 0.25) is 0 Å². The van der Waals surface area contributed by atoms with Crippen molar-refractivity contribution in [3.05, 3.63) is 22.4 Å². The number of carbonyl (C=O) groups is 1. The molecule has 116 valence electrons. The first-order chi connectivity index (χ1) is 10.3. The van der Waals surface area contributed by atoms with E-state index >= 15 is 0 Å². The van der Waals surface area contributed by atoms with E-state index in [1.807, 2.05) is 6.07 Å². The van der Waals surface area contributed by atoms with Gasteiger partial charge < -0.3 is 10.6 Å². The summed E-state index contributed by atoms with van der Waals surface area (Å²) in [5.41, 5.74) is 0. The number of thiophene rings is 1. The third-order valence-electron chi connectivity index (χ3n) is 4.40. The second-order valence-electron chi connectivity index (χ2n) is 6.21. The molecule has 1 saturated carbocycles. The van der Waals surface area contributed by atoms with E-state index in [0.717, 1.165) is 25.6 Å². The fraction of sp³-hybridized carbons (Fsp3) is 0.688. The normalized spacial score (nSPS) is 19.9. The Morgan fingerprint density at radius 3 is 2.81 bits per heavy atom. The summed E-state index contributed by atoms with van der Waals surface area (Å²) in [6.45, 7) is 4.60. The maximum atomic E-state index is 12.2. The zero-order chi connectivity index (χ0) is 14.5. The predicted octanol–water partition coefficient (Wildman–Crippen LogP) is 1.83. The van der Waals surface area contributed by atoms with Crippen LogP contribution in [0.25, 0.3) is 0 Å². The molecule has 2 heterocycles. The molecule has 21 heavy (non-hydrogen) atoms. The van der Waals surface area contributed by atoms with Crippen LogP contribution in [0.4, 0.5) is 0 Å². The van der Waals surface area contributed by atoms with E-state index in [4.69, 9.17) is 0 Å². The molecule has 0 atom stereocenters. The van der Waals surface area contributed by atoms with Gasteiger partial charge in [0.25, 0.3) is 0 Å². The van der Waals surface area contributed by atoms with Crippen LogP contribution >= 0.6 is 11.3 Å². The van der Waals surface area contributed by atoms with Crippen LogP contribution in [0.15, 0.2) is 17.5 Å². The lowest BCUT2D eigenvalue weighted by Gasteiger charge is -2.29. The summed E-state index contributed by atoms with van der Waals surface area (Å²) in [6, 6.07) is 4.76. The number of nitrogens with one attached hydrogen (secondary N) is 2. The van der Waals surface area contributed by atoms with Crippen molar-refractivity contribution in [2.24, 2.45) is 5.92 Å². The summed E-state index contributed by atoms with van der Waals surface area (Å²) in [7, 11) is 0. The van der Waals surface area contributed by atoms with Gasteiger partial charge in [-0.2, -0.15) is 0 Å². The zero-order valence-electron chi connectivity index (χ0n) is 12.5. The molecule has 2 aliphatic rings. The van der Waals surface area contributed by atoms with Crippen LogP contribution in [0.5, 0.6) is 0 Å². The Hall–Kier alpha value is -0.910. The van der Waals surface area contributed by atoms with Crippen LogP contribution in [0.1, 0.15) is 30.6 Å². The van der Waals surface area contributed by atoms with Gasteiger partial charge in [-0.05, 0) is 56.1 Å². The number of rotatable bonds is 7. The lowest BCUT2D eigenvalue weighted by atomic mass is 9.97. The molecule has 1 saturated heterocycles. The first-order valence-corrected chi connectivity index (χ1v) is 8.93. The van der Waals surface area contributed by atoms with Gasteiger partial charge in [-0.15, -0.1) is 11.3 Å². The molecule has 5 heteroatoms. The van der Waals surface area contributed by atoms with Crippen molar-refractivity contribution in [1.29, 1.82) is 0 Å². The quantitative estimate of drug-likeness (QED) is 0.808. The minimum absolute atomic E-state index is 0.171. The van der Waals surface area contributed by atoms with Crippen molar-refractivity contribution in [2.75, 3.05) is 26.2 Å². The van der Waals surface area contributed by atoms with Gasteiger partial charge in [0.1, 0.15) is 0 Å². The van der Waals surface area contributed by atoms with Gasteiger partial charge in [-0.3, -0.25) is 9.69 Å². The highest BCUT2D eigenvalue weighted by molar-refractivity contribution is 7.09. The summed E-state index contributed by atoms with van der Waals surface area (Å²) >= 11 is 1.70. The molecule has 0 spiro atoms. The van der Waals surface area contributed by atoms with Crippen LogP contribution in [-0.4, -0.2) is 43.0 Å². The first kappa shape index (κ1) is 15.0. The first-order valence-electron chi connectivity index (χ1n) is 8.05. The van der Waals surface area contributed by atoms with Gasteiger partial charge in [-0.25, -0.2) is 0 Å². The van der Waals surface area contributed by atoms with Gasteiger partial charge in [0.15, 0.2) is 0 Å². The summed E-state index contributed by atoms with van der Waals surface area (Å²) < 4.78 is 0. The molecule has 1 aliphatic carbocycles. The third-order valence-corrected chi connectivity index (χ3v) is 5.28. The molecule has 1 aromatic heterocycles. The molecular weight excluding hydrogens is 282 g/mol. The fourth-order valence-corrected chi connectivity index (χ4v) is 3.66. The lowest BCUT2D eigenvalue weighted by Crippen LogP contribution is -2.42. The largest absolute Gasteiger partial charge is 0.350 e. The molecular formula is C16H25N3OS. The topological polar surface area (TPSA) is 44.4 Å². The van der Waals surface area contributed by atoms with Crippen LogP contribution < -0.4 is 10.6 Å². The van der Waals surface area contributed by atoms with Gasteiger partial charge >= 0.3 is 0 Å². The average Bonchev–Trinajstić information content (AvgIpc) is 3.22. The molecule has 1 amide bonds. The molecule has 4 nitrogen and oxygen atoms in total. The van der Waals surface area contributed by atoms with E-state index in [2.05, 4.69) is 27.0 Å². The van der Waals surface area contributed by atoms with Crippen molar-refractivity contribution >= 4 is 17.2 Å². The van der Waals surface area contributed by atoms with Crippen molar-refractivity contribution in [3.8, 4) is 0 Å². The van der Waals surface area contributed by atoms with E-state index in [0.29, 0.717) is 19.1 Å². The molecule has 3 rings (SSSR count). The van der Waals surface area contributed by atoms with Crippen molar-refractivity contribution in [3.63, 3.8) is 0 Å². The standard InChI is InChI=1S/C16H25N3OS/c20-16(18-10-15-2-1-9-21-15)12-19(14-3-4-14)11-13-5-7-17-8-6-13/h1-2,9,13-14,17H,3-8,10-12H2,(H,18,20). The zero-order valence-corrected chi connectivity index (χ0v) is 13.3. The molecule has 2 N–H and O–H groups in total. The molecule has 0 unspecified atom stereocenters. The predicted molar refractivity (Wildman–Crippen MR) is 86.4 cm³/mol. The highest BCUT2D eigenvalue weighted by atomic mass is 32.1. The third kappa shape index (κ3) is 4.80. The van der Waals surface area contributed by atoms with E-state index in [9.17, 15) is 4.79 Å². The summed E-state index contributed by atoms with van der Waals surface area (Å²) in [5.74, 6) is 0.932. The average molecular weight is 307 g/mol. The smallest absolute Gasteiger partial charge is 0.234 e. The lowest BCUT2D eigenvalue weighted by molar-refractivity contribution is -0.122. The molecule has 1 aromatic rings. The highest BCUT2D eigenvalue weighted by Crippen LogP contribution is 2.28. The summed E-state index contributed by atoms with van der Waals surface area (Å²) in [5, 5.41) is 8.52. The number of hydrogen-bond donors (Lipinski definition) is 2. The summed E-state index contributed by atoms with van der Waals surface area (Å²) in [4.78, 5) is 15.8. The number of nitrogens with zero attached hydrogens (tertiary/aromatic N) is 1. The SMILES string of the molecule is O=C(CN(CC1CCNCC1)C1CC1)NCc1cccs1. The number of hydrogen-bond acceptors (Lipinski definition) is 4. The number of piperidine rings is 1. The Morgan fingerprint density at radius 2 is 2.14 bits per heavy atom. The van der Waals surface area contributed by atoms with E-state index < -0.39 is 0 Å². The van der Waals surface area contributed by atoms with Crippen molar-refractivity contribution in [2.45, 2.75) is 38.3 Å². The van der Waals surface area contributed by atoms with E-state index in [1.54, 1.807) is 11.3 Å². The van der Waals surface area contributed by atoms with Crippen LogP contribution in [-0.2, 0) is 11.3 Å². The Balaban J connectivity index is 1.44. The van der Waals surface area contributed by atoms with E-state index in [-0.39, 0.29) is 5.91 Å². The Labute approximate surface area is 130 Å². The number of carbonyl (C=O) groups excluding carboxylic acids is 1. The van der Waals surface area contributed by atoms with Gasteiger partial charge in [-0.1, -0.05) is 6.07 Å². The highest BCUT2D eigenvalue weighted by Gasteiger charge is 2.32. The van der Waals surface area contributed by atoms with Crippen molar-refractivity contribution < 1.29 is 4.79 Å². The van der Waals surface area contributed by atoms with Crippen molar-refractivity contribution in [1.82, 2.24) is 15.5 Å². The molecule has 0 bridgehead atoms. The minimum atomic E-state index is 0.171. The fourth-order valence-electron chi connectivity index (χ4n) is 3.02. The minimum Gasteiger partial charge on any atom is -0.350 e. The Kier molecular flexibility index (Phi) is 5.27.